The van der Waals surface area contributed by atoms with Gasteiger partial charge in [0.05, 0.1) is 6.54 Å². The van der Waals surface area contributed by atoms with Gasteiger partial charge in [-0.3, -0.25) is 4.79 Å². The second kappa shape index (κ2) is 2.72. The molecule has 3 nitrogen and oxygen atoms in total. The summed E-state index contributed by atoms with van der Waals surface area (Å²) < 4.78 is 1.97. The Bertz CT molecular complexity index is 498. The van der Waals surface area contributed by atoms with E-state index in [0.717, 1.165) is 17.2 Å². The second-order valence-corrected chi connectivity index (χ2v) is 4.17. The van der Waals surface area contributed by atoms with Crippen LogP contribution in [0.5, 0.6) is 0 Å². The number of aromatic nitrogens is 1. The zero-order valence-corrected chi connectivity index (χ0v) is 8.17. The topological polar surface area (TPSA) is 34.0 Å². The molecule has 0 fully saturated rings. The quantitative estimate of drug-likeness (QED) is 0.701. The normalized spacial score (nSPS) is 14.1. The average Bonchev–Trinajstić information content (AvgIpc) is 2.75. The van der Waals surface area contributed by atoms with Crippen molar-refractivity contribution in [1.82, 2.24) is 4.57 Å². The van der Waals surface area contributed by atoms with E-state index in [1.165, 1.54) is 5.56 Å². The van der Waals surface area contributed by atoms with Gasteiger partial charge in [0.1, 0.15) is 10.7 Å². The predicted molar refractivity (Wildman–Crippen MR) is 55.8 cm³/mol. The van der Waals surface area contributed by atoms with E-state index in [9.17, 15) is 4.79 Å². The fourth-order valence-corrected chi connectivity index (χ4v) is 2.48. The molecule has 1 N–H and O–H groups in total. The summed E-state index contributed by atoms with van der Waals surface area (Å²) in [4.78, 5) is 11.7. The molecule has 0 unspecified atom stereocenters. The van der Waals surface area contributed by atoms with Crippen molar-refractivity contribution in [3.8, 4) is 0 Å². The van der Waals surface area contributed by atoms with E-state index in [1.54, 1.807) is 11.3 Å². The minimum Gasteiger partial charge on any atom is -0.339 e. The van der Waals surface area contributed by atoms with E-state index < -0.39 is 0 Å². The molecule has 0 aromatic carbocycles. The monoisotopic (exact) mass is 204 g/mol. The van der Waals surface area contributed by atoms with Gasteiger partial charge < -0.3 is 9.88 Å². The number of nitrogens with zero attached hydrogens (tertiary/aromatic N) is 1. The third-order valence-corrected chi connectivity index (χ3v) is 3.25. The molecule has 0 atom stereocenters. The zero-order valence-electron chi connectivity index (χ0n) is 7.36. The van der Waals surface area contributed by atoms with Gasteiger partial charge in [0.25, 0.3) is 5.91 Å². The van der Waals surface area contributed by atoms with Crippen molar-refractivity contribution in [2.75, 3.05) is 5.32 Å². The van der Waals surface area contributed by atoms with Crippen LogP contribution in [0.15, 0.2) is 29.8 Å². The Balaban J connectivity index is 2.18. The fraction of sp³-hybridized carbons (Fsp3) is 0.100. The van der Waals surface area contributed by atoms with Crippen molar-refractivity contribution >= 4 is 22.2 Å². The molecule has 1 aliphatic rings. The molecule has 1 aliphatic heterocycles. The Morgan fingerprint density at radius 2 is 2.36 bits per heavy atom. The molecule has 2 aromatic heterocycles. The van der Waals surface area contributed by atoms with Crippen LogP contribution < -0.4 is 5.32 Å². The highest BCUT2D eigenvalue weighted by molar-refractivity contribution is 7.14. The molecule has 2 aromatic rings. The van der Waals surface area contributed by atoms with E-state index in [-0.39, 0.29) is 5.91 Å². The summed E-state index contributed by atoms with van der Waals surface area (Å²) in [7, 11) is 0. The summed E-state index contributed by atoms with van der Waals surface area (Å²) in [6.07, 6.45) is 1.93. The van der Waals surface area contributed by atoms with Crippen LogP contribution in [0.1, 0.15) is 16.1 Å². The highest BCUT2D eigenvalue weighted by Crippen LogP contribution is 2.27. The minimum absolute atomic E-state index is 0.0174. The van der Waals surface area contributed by atoms with Gasteiger partial charge in [-0.25, -0.2) is 0 Å². The third kappa shape index (κ3) is 1.01. The van der Waals surface area contributed by atoms with Crippen molar-refractivity contribution < 1.29 is 4.79 Å². The van der Waals surface area contributed by atoms with E-state index >= 15 is 0 Å². The van der Waals surface area contributed by atoms with Crippen LogP contribution in [0.4, 0.5) is 5.00 Å². The Labute approximate surface area is 85.0 Å². The summed E-state index contributed by atoms with van der Waals surface area (Å²) in [5.41, 5.74) is 1.91. The Morgan fingerprint density at radius 3 is 3.29 bits per heavy atom. The van der Waals surface area contributed by atoms with Crippen molar-refractivity contribution in [3.63, 3.8) is 0 Å². The molecule has 0 spiro atoms. The third-order valence-electron chi connectivity index (χ3n) is 2.38. The van der Waals surface area contributed by atoms with Crippen molar-refractivity contribution in [2.45, 2.75) is 6.54 Å². The first-order valence-electron chi connectivity index (χ1n) is 4.37. The Kier molecular flexibility index (Phi) is 1.52. The number of nitrogens with one attached hydrogen (secondary N) is 1. The van der Waals surface area contributed by atoms with E-state index in [1.807, 2.05) is 28.3 Å². The molecule has 0 radical (unpaired) electrons. The maximum absolute atomic E-state index is 11.7. The molecule has 3 heterocycles. The average molecular weight is 204 g/mol. The van der Waals surface area contributed by atoms with Crippen LogP contribution in [0, 0.1) is 0 Å². The SMILES string of the molecule is O=C1Nc2sccc2Cn2cccc21. The number of thiophene rings is 1. The van der Waals surface area contributed by atoms with Crippen LogP contribution >= 0.6 is 11.3 Å². The summed E-state index contributed by atoms with van der Waals surface area (Å²) >= 11 is 1.57. The molecular formula is C10H8N2OS. The first kappa shape index (κ1) is 7.82. The lowest BCUT2D eigenvalue weighted by atomic mass is 10.3. The first-order chi connectivity index (χ1) is 6.84. The summed E-state index contributed by atoms with van der Waals surface area (Å²) in [6, 6.07) is 5.79. The van der Waals surface area contributed by atoms with Gasteiger partial charge in [-0.15, -0.1) is 11.3 Å². The summed E-state index contributed by atoms with van der Waals surface area (Å²) in [5, 5.41) is 5.87. The molecule has 3 rings (SSSR count). The molecule has 1 amide bonds. The lowest BCUT2D eigenvalue weighted by Crippen LogP contribution is -2.12. The largest absolute Gasteiger partial charge is 0.339 e. The standard InChI is InChI=1S/C10H8N2OS/c13-9-8-2-1-4-12(8)6-7-3-5-14-10(7)11-9/h1-5H,6H2,(H,11,13). The van der Waals surface area contributed by atoms with Gasteiger partial charge >= 0.3 is 0 Å². The number of anilines is 1. The van der Waals surface area contributed by atoms with Gasteiger partial charge in [0.15, 0.2) is 0 Å². The van der Waals surface area contributed by atoms with Crippen molar-refractivity contribution in [1.29, 1.82) is 0 Å². The predicted octanol–water partition coefficient (Wildman–Crippen LogP) is 2.16. The number of fused-ring (bicyclic) bond motifs is 2. The number of carbonyl (C=O) groups excluding carboxylic acids is 1. The van der Waals surface area contributed by atoms with Gasteiger partial charge in [-0.05, 0) is 23.6 Å². The number of amides is 1. The van der Waals surface area contributed by atoms with Gasteiger partial charge in [-0.1, -0.05) is 0 Å². The molecule has 70 valence electrons. The first-order valence-corrected chi connectivity index (χ1v) is 5.25. The zero-order chi connectivity index (χ0) is 9.54. The molecular weight excluding hydrogens is 196 g/mol. The lowest BCUT2D eigenvalue weighted by molar-refractivity contribution is 0.102. The highest BCUT2D eigenvalue weighted by Gasteiger charge is 2.18. The van der Waals surface area contributed by atoms with Crippen molar-refractivity contribution in [2.24, 2.45) is 0 Å². The van der Waals surface area contributed by atoms with Gasteiger partial charge in [0.2, 0.25) is 0 Å². The van der Waals surface area contributed by atoms with Crippen LogP contribution in [0.2, 0.25) is 0 Å². The molecule has 14 heavy (non-hydrogen) atoms. The smallest absolute Gasteiger partial charge is 0.272 e. The lowest BCUT2D eigenvalue weighted by Gasteiger charge is -2.00. The molecule has 0 aliphatic carbocycles. The highest BCUT2D eigenvalue weighted by atomic mass is 32.1. The molecule has 0 bridgehead atoms. The maximum atomic E-state index is 11.7. The van der Waals surface area contributed by atoms with E-state index in [0.29, 0.717) is 0 Å². The molecule has 0 saturated carbocycles. The number of hydrogen-bond acceptors (Lipinski definition) is 2. The summed E-state index contributed by atoms with van der Waals surface area (Å²) in [6.45, 7) is 0.778. The number of hydrogen-bond donors (Lipinski definition) is 1. The number of rotatable bonds is 0. The van der Waals surface area contributed by atoms with Gasteiger partial charge in [-0.2, -0.15) is 0 Å². The van der Waals surface area contributed by atoms with Crippen LogP contribution in [-0.2, 0) is 6.54 Å². The maximum Gasteiger partial charge on any atom is 0.272 e. The van der Waals surface area contributed by atoms with Crippen LogP contribution in [0.25, 0.3) is 0 Å². The van der Waals surface area contributed by atoms with Crippen molar-refractivity contribution in [3.05, 3.63) is 41.0 Å². The number of carbonyl (C=O) groups is 1. The van der Waals surface area contributed by atoms with E-state index in [2.05, 4.69) is 11.4 Å². The van der Waals surface area contributed by atoms with E-state index in [4.69, 9.17) is 0 Å². The van der Waals surface area contributed by atoms with Crippen LogP contribution in [-0.4, -0.2) is 10.5 Å². The van der Waals surface area contributed by atoms with Crippen LogP contribution in [0.3, 0.4) is 0 Å². The Hall–Kier alpha value is -1.55. The Morgan fingerprint density at radius 1 is 1.43 bits per heavy atom. The molecule has 0 saturated heterocycles. The minimum atomic E-state index is -0.0174. The fourth-order valence-electron chi connectivity index (χ4n) is 1.68. The second-order valence-electron chi connectivity index (χ2n) is 3.25. The summed E-state index contributed by atoms with van der Waals surface area (Å²) in [5.74, 6) is -0.0174. The van der Waals surface area contributed by atoms with Gasteiger partial charge in [0, 0.05) is 11.8 Å². The molecule has 4 heteroatoms.